The number of carbonyl (C=O) groups excluding carboxylic acids is 1. The lowest BCUT2D eigenvalue weighted by Crippen LogP contribution is -2.33. The van der Waals surface area contributed by atoms with Crippen LogP contribution >= 0.6 is 0 Å². The maximum Gasteiger partial charge on any atom is 0.414 e. The molecule has 1 aromatic heterocycles. The molecule has 0 saturated carbocycles. The van der Waals surface area contributed by atoms with Gasteiger partial charge >= 0.3 is 6.09 Å². The first-order valence-corrected chi connectivity index (χ1v) is 7.44. The Balaban J connectivity index is 2.08. The molecule has 0 aliphatic heterocycles. The van der Waals surface area contributed by atoms with Gasteiger partial charge in [0.1, 0.15) is 5.69 Å². The van der Waals surface area contributed by atoms with Crippen molar-refractivity contribution in [3.05, 3.63) is 54.6 Å². The molecule has 1 N–H and O–H groups in total. The molecule has 5 nitrogen and oxygen atoms in total. The lowest BCUT2D eigenvalue weighted by Gasteiger charge is -2.12. The number of hydrogen-bond acceptors (Lipinski definition) is 4. The number of nitrogens with zero attached hydrogens (tertiary/aromatic N) is 2. The van der Waals surface area contributed by atoms with Crippen LogP contribution in [0.15, 0.2) is 54.6 Å². The molecule has 0 unspecified atom stereocenters. The number of rotatable bonds is 3. The molecule has 116 valence electrons. The number of benzene rings is 2. The summed E-state index contributed by atoms with van der Waals surface area (Å²) in [4.78, 5) is 21.0. The smallest absolute Gasteiger partial charge is 0.389 e. The molecule has 0 bridgehead atoms. The van der Waals surface area contributed by atoms with E-state index in [-0.39, 0.29) is 11.9 Å². The van der Waals surface area contributed by atoms with E-state index in [1.807, 2.05) is 68.4 Å². The molecule has 0 radical (unpaired) electrons. The third-order valence-electron chi connectivity index (χ3n) is 3.18. The van der Waals surface area contributed by atoms with Gasteiger partial charge in [-0.05, 0) is 26.0 Å². The van der Waals surface area contributed by atoms with E-state index >= 15 is 0 Å². The number of ether oxygens (including phenoxy) is 1. The maximum atomic E-state index is 11.9. The number of aromatic nitrogens is 2. The molecule has 2 aromatic carbocycles. The van der Waals surface area contributed by atoms with Crippen LogP contribution in [0.5, 0.6) is 5.88 Å². The molecule has 3 aromatic rings. The molecular weight excluding hydrogens is 290 g/mol. The van der Waals surface area contributed by atoms with Crippen molar-refractivity contribution in [2.45, 2.75) is 19.9 Å². The number of carbonyl (C=O) groups is 1. The molecule has 0 saturated heterocycles. The quantitative estimate of drug-likeness (QED) is 0.799. The molecule has 1 heterocycles. The van der Waals surface area contributed by atoms with Gasteiger partial charge in [0.25, 0.3) is 5.88 Å². The Labute approximate surface area is 134 Å². The summed E-state index contributed by atoms with van der Waals surface area (Å²) in [6.07, 6.45) is -0.540. The van der Waals surface area contributed by atoms with Gasteiger partial charge in [0, 0.05) is 11.6 Å². The molecule has 0 fully saturated rings. The van der Waals surface area contributed by atoms with Crippen LogP contribution < -0.4 is 10.1 Å². The topological polar surface area (TPSA) is 64.1 Å². The minimum Gasteiger partial charge on any atom is -0.389 e. The van der Waals surface area contributed by atoms with E-state index in [0.717, 1.165) is 11.1 Å². The van der Waals surface area contributed by atoms with Gasteiger partial charge in [0.15, 0.2) is 0 Å². The summed E-state index contributed by atoms with van der Waals surface area (Å²) in [7, 11) is 0. The molecule has 3 rings (SSSR count). The van der Waals surface area contributed by atoms with Gasteiger partial charge in [-0.15, -0.1) is 0 Å². The van der Waals surface area contributed by atoms with Crippen molar-refractivity contribution in [2.24, 2.45) is 0 Å². The summed E-state index contributed by atoms with van der Waals surface area (Å²) in [6.45, 7) is 3.73. The minimum absolute atomic E-state index is 0.0175. The number of amides is 1. The Kier molecular flexibility index (Phi) is 4.19. The van der Waals surface area contributed by atoms with Gasteiger partial charge in [-0.25, -0.2) is 14.8 Å². The van der Waals surface area contributed by atoms with Crippen molar-refractivity contribution < 1.29 is 9.53 Å². The largest absolute Gasteiger partial charge is 0.414 e. The van der Waals surface area contributed by atoms with Gasteiger partial charge in [0.05, 0.1) is 11.0 Å². The van der Waals surface area contributed by atoms with E-state index in [4.69, 9.17) is 4.74 Å². The zero-order valence-corrected chi connectivity index (χ0v) is 13.0. The summed E-state index contributed by atoms with van der Waals surface area (Å²) < 4.78 is 5.40. The van der Waals surface area contributed by atoms with Gasteiger partial charge in [0.2, 0.25) is 0 Å². The predicted molar refractivity (Wildman–Crippen MR) is 89.3 cm³/mol. The first-order valence-electron chi connectivity index (χ1n) is 7.44. The van der Waals surface area contributed by atoms with Crippen LogP contribution in [0.1, 0.15) is 13.8 Å². The SMILES string of the molecule is CC(C)NC(=O)Oc1nc2ccccc2nc1-c1ccccc1. The first-order chi connectivity index (χ1) is 11.1. The van der Waals surface area contributed by atoms with Crippen molar-refractivity contribution in [2.75, 3.05) is 0 Å². The standard InChI is InChI=1S/C18H17N3O2/c1-12(2)19-18(22)23-17-16(13-8-4-3-5-9-13)20-14-10-6-7-11-15(14)21-17/h3-12H,1-2H3,(H,19,22). The molecule has 0 aliphatic carbocycles. The zero-order valence-electron chi connectivity index (χ0n) is 13.0. The van der Waals surface area contributed by atoms with Crippen molar-refractivity contribution in [1.29, 1.82) is 0 Å². The summed E-state index contributed by atoms with van der Waals surface area (Å²) in [5.41, 5.74) is 2.82. The first kappa shape index (κ1) is 15.0. The molecule has 1 amide bonds. The van der Waals surface area contributed by atoms with Crippen molar-refractivity contribution in [1.82, 2.24) is 15.3 Å². The lowest BCUT2D eigenvalue weighted by molar-refractivity contribution is 0.196. The van der Waals surface area contributed by atoms with E-state index < -0.39 is 6.09 Å². The fraction of sp³-hybridized carbons (Fsp3) is 0.167. The van der Waals surface area contributed by atoms with Crippen LogP contribution in [0.4, 0.5) is 4.79 Å². The zero-order chi connectivity index (χ0) is 16.2. The average molecular weight is 307 g/mol. The normalized spacial score (nSPS) is 10.7. The lowest BCUT2D eigenvalue weighted by atomic mass is 10.1. The van der Waals surface area contributed by atoms with E-state index in [1.165, 1.54) is 0 Å². The number of fused-ring (bicyclic) bond motifs is 1. The predicted octanol–water partition coefficient (Wildman–Crippen LogP) is 3.79. The number of nitrogens with one attached hydrogen (secondary N) is 1. The Morgan fingerprint density at radius 2 is 1.57 bits per heavy atom. The van der Waals surface area contributed by atoms with Crippen LogP contribution in [0.3, 0.4) is 0 Å². The van der Waals surface area contributed by atoms with Crippen molar-refractivity contribution in [3.63, 3.8) is 0 Å². The number of para-hydroxylation sites is 2. The second-order valence-electron chi connectivity index (χ2n) is 5.42. The van der Waals surface area contributed by atoms with Crippen molar-refractivity contribution in [3.8, 4) is 17.1 Å². The van der Waals surface area contributed by atoms with Crippen LogP contribution in [0, 0.1) is 0 Å². The number of hydrogen-bond donors (Lipinski definition) is 1. The van der Waals surface area contributed by atoms with Gasteiger partial charge in [-0.3, -0.25) is 0 Å². The fourth-order valence-corrected chi connectivity index (χ4v) is 2.19. The van der Waals surface area contributed by atoms with E-state index in [0.29, 0.717) is 11.2 Å². The molecule has 0 aliphatic rings. The highest BCUT2D eigenvalue weighted by Gasteiger charge is 2.16. The van der Waals surface area contributed by atoms with Crippen LogP contribution in [0.25, 0.3) is 22.3 Å². The fourth-order valence-electron chi connectivity index (χ4n) is 2.19. The Morgan fingerprint density at radius 1 is 0.957 bits per heavy atom. The van der Waals surface area contributed by atoms with E-state index in [2.05, 4.69) is 15.3 Å². The van der Waals surface area contributed by atoms with Gasteiger partial charge in [-0.2, -0.15) is 0 Å². The molecule has 0 spiro atoms. The maximum absolute atomic E-state index is 11.9. The summed E-state index contributed by atoms with van der Waals surface area (Å²) in [5.74, 6) is 0.202. The minimum atomic E-state index is -0.540. The van der Waals surface area contributed by atoms with E-state index in [9.17, 15) is 4.79 Å². The van der Waals surface area contributed by atoms with Gasteiger partial charge in [-0.1, -0.05) is 42.5 Å². The molecule has 5 heteroatoms. The highest BCUT2D eigenvalue weighted by molar-refractivity contribution is 5.81. The van der Waals surface area contributed by atoms with Crippen LogP contribution in [-0.2, 0) is 0 Å². The molecule has 23 heavy (non-hydrogen) atoms. The third kappa shape index (κ3) is 3.45. The third-order valence-corrected chi connectivity index (χ3v) is 3.18. The monoisotopic (exact) mass is 307 g/mol. The Morgan fingerprint density at radius 3 is 2.22 bits per heavy atom. The summed E-state index contributed by atoms with van der Waals surface area (Å²) in [5, 5.41) is 2.69. The molecular formula is C18H17N3O2. The summed E-state index contributed by atoms with van der Waals surface area (Å²) >= 11 is 0. The van der Waals surface area contributed by atoms with Crippen LogP contribution in [0.2, 0.25) is 0 Å². The van der Waals surface area contributed by atoms with Gasteiger partial charge < -0.3 is 10.1 Å². The second kappa shape index (κ2) is 6.44. The highest BCUT2D eigenvalue weighted by atomic mass is 16.6. The molecule has 0 atom stereocenters. The van der Waals surface area contributed by atoms with Crippen LogP contribution in [-0.4, -0.2) is 22.1 Å². The highest BCUT2D eigenvalue weighted by Crippen LogP contribution is 2.28. The van der Waals surface area contributed by atoms with Crippen molar-refractivity contribution >= 4 is 17.1 Å². The van der Waals surface area contributed by atoms with E-state index in [1.54, 1.807) is 0 Å². The second-order valence-corrected chi connectivity index (χ2v) is 5.42. The Bertz CT molecular complexity index is 832. The average Bonchev–Trinajstić information content (AvgIpc) is 2.54. The summed E-state index contributed by atoms with van der Waals surface area (Å²) in [6, 6.07) is 17.0. The Hall–Kier alpha value is -2.95.